The maximum absolute atomic E-state index is 9.53. The number of rotatable bonds is 5. The highest BCUT2D eigenvalue weighted by Crippen LogP contribution is 2.20. The van der Waals surface area contributed by atoms with Crippen LogP contribution >= 0.6 is 0 Å². The topological polar surface area (TPSA) is 38.7 Å². The van der Waals surface area contributed by atoms with Crippen LogP contribution < -0.4 is 9.47 Å². The lowest BCUT2D eigenvalue weighted by Gasteiger charge is -2.10. The molecular weight excluding hydrogens is 240 g/mol. The third-order valence-corrected chi connectivity index (χ3v) is 2.88. The summed E-state index contributed by atoms with van der Waals surface area (Å²) in [5.74, 6) is 1.57. The van der Waals surface area contributed by atoms with E-state index < -0.39 is 6.10 Å². The zero-order valence-corrected chi connectivity index (χ0v) is 11.2. The average Bonchev–Trinajstić information content (AvgIpc) is 2.45. The van der Waals surface area contributed by atoms with Gasteiger partial charge >= 0.3 is 0 Å². The second-order valence-electron chi connectivity index (χ2n) is 4.39. The molecule has 0 aromatic heterocycles. The summed E-state index contributed by atoms with van der Waals surface area (Å²) >= 11 is 0. The molecule has 0 bridgehead atoms. The quantitative estimate of drug-likeness (QED) is 0.894. The van der Waals surface area contributed by atoms with Crippen LogP contribution in [0, 0.1) is 0 Å². The Labute approximate surface area is 113 Å². The molecule has 2 aromatic rings. The molecule has 1 N–H and O–H groups in total. The van der Waals surface area contributed by atoms with Crippen molar-refractivity contribution < 1.29 is 14.6 Å². The summed E-state index contributed by atoms with van der Waals surface area (Å²) in [6.07, 6.45) is -0.486. The number of ether oxygens (including phenoxy) is 2. The van der Waals surface area contributed by atoms with Crippen molar-refractivity contribution >= 4 is 0 Å². The fourth-order valence-corrected chi connectivity index (χ4v) is 1.79. The lowest BCUT2D eigenvalue weighted by atomic mass is 10.1. The molecule has 0 amide bonds. The minimum absolute atomic E-state index is 0.473. The summed E-state index contributed by atoms with van der Waals surface area (Å²) < 4.78 is 10.9. The van der Waals surface area contributed by atoms with E-state index in [0.29, 0.717) is 6.61 Å². The minimum Gasteiger partial charge on any atom is -0.497 e. The van der Waals surface area contributed by atoms with E-state index in [0.717, 1.165) is 22.6 Å². The Morgan fingerprint density at radius 1 is 1.05 bits per heavy atom. The minimum atomic E-state index is -0.486. The van der Waals surface area contributed by atoms with Gasteiger partial charge in [0.2, 0.25) is 0 Å². The maximum atomic E-state index is 9.53. The molecule has 0 saturated carbocycles. The molecular formula is C16H18O3. The van der Waals surface area contributed by atoms with Crippen LogP contribution in [0.1, 0.15) is 24.2 Å². The molecule has 1 atom stereocenters. The van der Waals surface area contributed by atoms with E-state index in [1.807, 2.05) is 48.5 Å². The van der Waals surface area contributed by atoms with Crippen LogP contribution in [0.2, 0.25) is 0 Å². The van der Waals surface area contributed by atoms with E-state index in [1.54, 1.807) is 14.0 Å². The van der Waals surface area contributed by atoms with Crippen LogP contribution in [0.25, 0.3) is 0 Å². The first-order valence-corrected chi connectivity index (χ1v) is 6.23. The molecule has 0 unspecified atom stereocenters. The summed E-state index contributed by atoms with van der Waals surface area (Å²) in [5, 5.41) is 9.53. The van der Waals surface area contributed by atoms with Crippen molar-refractivity contribution in [1.82, 2.24) is 0 Å². The Morgan fingerprint density at radius 3 is 2.53 bits per heavy atom. The van der Waals surface area contributed by atoms with Gasteiger partial charge in [0, 0.05) is 0 Å². The Morgan fingerprint density at radius 2 is 1.79 bits per heavy atom. The van der Waals surface area contributed by atoms with E-state index >= 15 is 0 Å². The highest BCUT2D eigenvalue weighted by Gasteiger charge is 2.03. The van der Waals surface area contributed by atoms with Crippen molar-refractivity contribution in [3.05, 3.63) is 59.7 Å². The lowest BCUT2D eigenvalue weighted by molar-refractivity contribution is 0.198. The smallest absolute Gasteiger partial charge is 0.120 e. The van der Waals surface area contributed by atoms with Crippen molar-refractivity contribution in [3.8, 4) is 11.5 Å². The molecule has 19 heavy (non-hydrogen) atoms. The maximum Gasteiger partial charge on any atom is 0.120 e. The first-order chi connectivity index (χ1) is 9.19. The molecule has 100 valence electrons. The van der Waals surface area contributed by atoms with Crippen LogP contribution in [-0.4, -0.2) is 12.2 Å². The monoisotopic (exact) mass is 258 g/mol. The number of aliphatic hydroxyl groups excluding tert-OH is 1. The molecule has 0 fully saturated rings. The highest BCUT2D eigenvalue weighted by molar-refractivity contribution is 5.31. The summed E-state index contributed by atoms with van der Waals surface area (Å²) in [4.78, 5) is 0. The standard InChI is InChI=1S/C16H18O3/c1-12(17)14-6-4-8-16(10-14)19-11-13-5-3-7-15(9-13)18-2/h3-10,12,17H,11H2,1-2H3/t12-/m1/s1. The summed E-state index contributed by atoms with van der Waals surface area (Å²) in [6, 6.07) is 15.3. The number of benzene rings is 2. The molecule has 0 spiro atoms. The normalized spacial score (nSPS) is 11.9. The van der Waals surface area contributed by atoms with Crippen LogP contribution in [-0.2, 0) is 6.61 Å². The molecule has 2 rings (SSSR count). The van der Waals surface area contributed by atoms with E-state index in [9.17, 15) is 5.11 Å². The van der Waals surface area contributed by atoms with Crippen molar-refractivity contribution in [1.29, 1.82) is 0 Å². The van der Waals surface area contributed by atoms with Gasteiger partial charge in [-0.05, 0) is 42.3 Å². The largest absolute Gasteiger partial charge is 0.497 e. The van der Waals surface area contributed by atoms with Crippen LogP contribution in [0.15, 0.2) is 48.5 Å². The molecule has 3 heteroatoms. The van der Waals surface area contributed by atoms with Gasteiger partial charge in [0.05, 0.1) is 13.2 Å². The SMILES string of the molecule is COc1cccc(COc2cccc([C@@H](C)O)c2)c1. The van der Waals surface area contributed by atoms with Gasteiger partial charge in [-0.25, -0.2) is 0 Å². The first-order valence-electron chi connectivity index (χ1n) is 6.23. The second kappa shape index (κ2) is 6.25. The predicted octanol–water partition coefficient (Wildman–Crippen LogP) is 3.33. The third kappa shape index (κ3) is 3.73. The summed E-state index contributed by atoms with van der Waals surface area (Å²) in [7, 11) is 1.64. The van der Waals surface area contributed by atoms with Crippen molar-refractivity contribution in [2.45, 2.75) is 19.6 Å². The highest BCUT2D eigenvalue weighted by atomic mass is 16.5. The molecule has 3 nitrogen and oxygen atoms in total. The van der Waals surface area contributed by atoms with Crippen molar-refractivity contribution in [2.75, 3.05) is 7.11 Å². The van der Waals surface area contributed by atoms with Crippen LogP contribution in [0.5, 0.6) is 11.5 Å². The van der Waals surface area contributed by atoms with Gasteiger partial charge in [0.25, 0.3) is 0 Å². The van der Waals surface area contributed by atoms with Gasteiger partial charge in [-0.1, -0.05) is 24.3 Å². The van der Waals surface area contributed by atoms with E-state index in [4.69, 9.17) is 9.47 Å². The molecule has 0 saturated heterocycles. The molecule has 0 aliphatic rings. The number of hydrogen-bond donors (Lipinski definition) is 1. The Bertz CT molecular complexity index is 535. The van der Waals surface area contributed by atoms with E-state index in [-0.39, 0.29) is 0 Å². The van der Waals surface area contributed by atoms with Gasteiger partial charge in [0.15, 0.2) is 0 Å². The molecule has 0 heterocycles. The lowest BCUT2D eigenvalue weighted by Crippen LogP contribution is -1.97. The van der Waals surface area contributed by atoms with Gasteiger partial charge in [-0.15, -0.1) is 0 Å². The third-order valence-electron chi connectivity index (χ3n) is 2.88. The van der Waals surface area contributed by atoms with Gasteiger partial charge in [0.1, 0.15) is 18.1 Å². The second-order valence-corrected chi connectivity index (χ2v) is 4.39. The fourth-order valence-electron chi connectivity index (χ4n) is 1.79. The zero-order valence-electron chi connectivity index (χ0n) is 11.2. The fraction of sp³-hybridized carbons (Fsp3) is 0.250. The molecule has 0 radical (unpaired) electrons. The number of methoxy groups -OCH3 is 1. The summed E-state index contributed by atoms with van der Waals surface area (Å²) in [6.45, 7) is 2.21. The number of aliphatic hydroxyl groups is 1. The van der Waals surface area contributed by atoms with E-state index in [1.165, 1.54) is 0 Å². The van der Waals surface area contributed by atoms with E-state index in [2.05, 4.69) is 0 Å². The van der Waals surface area contributed by atoms with Gasteiger partial charge < -0.3 is 14.6 Å². The van der Waals surface area contributed by atoms with Gasteiger partial charge in [-0.2, -0.15) is 0 Å². The molecule has 2 aromatic carbocycles. The summed E-state index contributed by atoms with van der Waals surface area (Å²) in [5.41, 5.74) is 1.89. The van der Waals surface area contributed by atoms with Crippen molar-refractivity contribution in [2.24, 2.45) is 0 Å². The first kappa shape index (κ1) is 13.4. The molecule has 0 aliphatic heterocycles. The Hall–Kier alpha value is -2.00. The average molecular weight is 258 g/mol. The predicted molar refractivity (Wildman–Crippen MR) is 74.4 cm³/mol. The number of hydrogen-bond acceptors (Lipinski definition) is 3. The van der Waals surface area contributed by atoms with Crippen LogP contribution in [0.4, 0.5) is 0 Å². The molecule has 0 aliphatic carbocycles. The van der Waals surface area contributed by atoms with Crippen molar-refractivity contribution in [3.63, 3.8) is 0 Å². The Balaban J connectivity index is 2.03. The Kier molecular flexibility index (Phi) is 4.42. The zero-order chi connectivity index (χ0) is 13.7. The van der Waals surface area contributed by atoms with Gasteiger partial charge in [-0.3, -0.25) is 0 Å². The van der Waals surface area contributed by atoms with Crippen LogP contribution in [0.3, 0.4) is 0 Å².